The van der Waals surface area contributed by atoms with Gasteiger partial charge in [-0.1, -0.05) is 13.3 Å². The number of aryl methyl sites for hydroxylation is 2. The lowest BCUT2D eigenvalue weighted by molar-refractivity contribution is 0.115. The van der Waals surface area contributed by atoms with Gasteiger partial charge in [-0.3, -0.25) is 9.58 Å². The molecule has 1 aromatic rings. The van der Waals surface area contributed by atoms with E-state index >= 15 is 0 Å². The molecule has 3 heterocycles. The van der Waals surface area contributed by atoms with Gasteiger partial charge < -0.3 is 4.90 Å². The van der Waals surface area contributed by atoms with Crippen LogP contribution in [0.2, 0.25) is 0 Å². The van der Waals surface area contributed by atoms with E-state index in [4.69, 9.17) is 0 Å². The zero-order chi connectivity index (χ0) is 13.4. The predicted octanol–water partition coefficient (Wildman–Crippen LogP) is 2.05. The van der Waals surface area contributed by atoms with Gasteiger partial charge >= 0.3 is 0 Å². The van der Waals surface area contributed by atoms with Gasteiger partial charge in [0.15, 0.2) is 0 Å². The molecule has 2 unspecified atom stereocenters. The number of piperidine rings is 1. The molecule has 2 atom stereocenters. The quantitative estimate of drug-likeness (QED) is 0.815. The first-order valence-corrected chi connectivity index (χ1v) is 7.72. The Labute approximate surface area is 116 Å². The molecule has 2 aliphatic heterocycles. The fraction of sp³-hybridized carbons (Fsp3) is 0.800. The van der Waals surface area contributed by atoms with E-state index in [0.29, 0.717) is 6.04 Å². The van der Waals surface area contributed by atoms with E-state index in [0.717, 1.165) is 12.5 Å². The average molecular weight is 262 g/mol. The molecule has 3 rings (SSSR count). The minimum absolute atomic E-state index is 0.601. The van der Waals surface area contributed by atoms with Crippen LogP contribution in [0.5, 0.6) is 0 Å². The Hall–Kier alpha value is -1.03. The summed E-state index contributed by atoms with van der Waals surface area (Å²) in [6.45, 7) is 8.25. The van der Waals surface area contributed by atoms with Crippen LogP contribution in [-0.2, 0) is 13.5 Å². The van der Waals surface area contributed by atoms with Gasteiger partial charge in [-0.15, -0.1) is 0 Å². The van der Waals surface area contributed by atoms with E-state index in [-0.39, 0.29) is 0 Å². The molecule has 2 saturated heterocycles. The zero-order valence-electron chi connectivity index (χ0n) is 12.5. The van der Waals surface area contributed by atoms with Crippen molar-refractivity contribution in [3.63, 3.8) is 0 Å². The Morgan fingerprint density at radius 2 is 2.16 bits per heavy atom. The third-order valence-corrected chi connectivity index (χ3v) is 4.71. The molecule has 0 saturated carbocycles. The highest BCUT2D eigenvalue weighted by Gasteiger charge is 2.34. The molecule has 0 aliphatic carbocycles. The van der Waals surface area contributed by atoms with Gasteiger partial charge in [0.05, 0.1) is 11.4 Å². The van der Waals surface area contributed by atoms with Crippen molar-refractivity contribution in [1.82, 2.24) is 14.7 Å². The van der Waals surface area contributed by atoms with Gasteiger partial charge in [0.25, 0.3) is 0 Å². The highest BCUT2D eigenvalue weighted by atomic mass is 15.3. The molecule has 19 heavy (non-hydrogen) atoms. The first-order valence-electron chi connectivity index (χ1n) is 7.72. The van der Waals surface area contributed by atoms with E-state index in [9.17, 15) is 0 Å². The molecule has 2 fully saturated rings. The number of rotatable bonds is 2. The monoisotopic (exact) mass is 262 g/mol. The van der Waals surface area contributed by atoms with Crippen molar-refractivity contribution in [3.8, 4) is 0 Å². The van der Waals surface area contributed by atoms with Crippen LogP contribution in [0.4, 0.5) is 5.69 Å². The maximum atomic E-state index is 4.60. The van der Waals surface area contributed by atoms with Gasteiger partial charge in [-0.05, 0) is 32.7 Å². The molecule has 2 aliphatic rings. The topological polar surface area (TPSA) is 24.3 Å². The lowest BCUT2D eigenvalue weighted by Gasteiger charge is -2.48. The van der Waals surface area contributed by atoms with E-state index in [1.54, 1.807) is 0 Å². The van der Waals surface area contributed by atoms with Crippen molar-refractivity contribution < 1.29 is 0 Å². The molecule has 106 valence electrons. The minimum Gasteiger partial charge on any atom is -0.363 e. The number of hydrogen-bond donors (Lipinski definition) is 0. The predicted molar refractivity (Wildman–Crippen MR) is 78.6 cm³/mol. The van der Waals surface area contributed by atoms with Crippen LogP contribution in [0, 0.1) is 0 Å². The highest BCUT2D eigenvalue weighted by molar-refractivity contribution is 5.51. The molecule has 0 spiro atoms. The minimum atomic E-state index is 0.601. The lowest BCUT2D eigenvalue weighted by atomic mass is 9.96. The van der Waals surface area contributed by atoms with Gasteiger partial charge in [0.1, 0.15) is 0 Å². The summed E-state index contributed by atoms with van der Waals surface area (Å²) in [4.78, 5) is 5.30. The smallest absolute Gasteiger partial charge is 0.0855 e. The van der Waals surface area contributed by atoms with Gasteiger partial charge in [0.2, 0.25) is 0 Å². The summed E-state index contributed by atoms with van der Waals surface area (Å²) in [6, 6.07) is 1.36. The van der Waals surface area contributed by atoms with Crippen LogP contribution >= 0.6 is 0 Å². The first-order chi connectivity index (χ1) is 9.19. The van der Waals surface area contributed by atoms with Crippen LogP contribution in [0.25, 0.3) is 0 Å². The Balaban J connectivity index is 1.83. The second-order valence-corrected chi connectivity index (χ2v) is 6.13. The Morgan fingerprint density at radius 3 is 2.95 bits per heavy atom. The number of nitrogens with zero attached hydrogens (tertiary/aromatic N) is 4. The van der Waals surface area contributed by atoms with Crippen LogP contribution < -0.4 is 4.90 Å². The number of anilines is 1. The molecule has 0 aromatic carbocycles. The Bertz CT molecular complexity index is 439. The molecule has 1 aromatic heterocycles. The fourth-order valence-corrected chi connectivity index (χ4v) is 3.70. The fourth-order valence-electron chi connectivity index (χ4n) is 3.70. The second-order valence-electron chi connectivity index (χ2n) is 6.13. The number of aromatic nitrogens is 2. The molecule has 0 amide bonds. The Kier molecular flexibility index (Phi) is 3.52. The van der Waals surface area contributed by atoms with Crippen LogP contribution in [0.1, 0.15) is 38.8 Å². The third-order valence-electron chi connectivity index (χ3n) is 4.71. The summed E-state index contributed by atoms with van der Waals surface area (Å²) < 4.78 is 1.97. The maximum absolute atomic E-state index is 4.60. The number of fused-ring (bicyclic) bond motifs is 1. The zero-order valence-corrected chi connectivity index (χ0v) is 12.5. The number of hydrogen-bond acceptors (Lipinski definition) is 3. The summed E-state index contributed by atoms with van der Waals surface area (Å²) in [5.74, 6) is 0. The number of piperazine rings is 1. The van der Waals surface area contributed by atoms with Crippen molar-refractivity contribution in [2.24, 2.45) is 7.05 Å². The molecule has 0 bridgehead atoms. The van der Waals surface area contributed by atoms with Gasteiger partial charge in [-0.2, -0.15) is 5.10 Å². The van der Waals surface area contributed by atoms with Crippen molar-refractivity contribution in [3.05, 3.63) is 11.9 Å². The molecular weight excluding hydrogens is 236 g/mol. The van der Waals surface area contributed by atoms with E-state index < -0.39 is 0 Å². The molecule has 4 nitrogen and oxygen atoms in total. The normalized spacial score (nSPS) is 28.5. The van der Waals surface area contributed by atoms with Gasteiger partial charge in [0, 0.05) is 38.4 Å². The van der Waals surface area contributed by atoms with Crippen molar-refractivity contribution in [2.45, 2.75) is 51.6 Å². The summed E-state index contributed by atoms with van der Waals surface area (Å²) in [7, 11) is 2.03. The van der Waals surface area contributed by atoms with Crippen LogP contribution in [0.15, 0.2) is 6.20 Å². The molecule has 0 N–H and O–H groups in total. The summed E-state index contributed by atoms with van der Waals surface area (Å²) in [6.07, 6.45) is 7.37. The molecular formula is C15H26N4. The van der Waals surface area contributed by atoms with E-state index in [2.05, 4.69) is 34.9 Å². The summed E-state index contributed by atoms with van der Waals surface area (Å²) in [5, 5.41) is 4.60. The van der Waals surface area contributed by atoms with E-state index in [1.807, 2.05) is 11.7 Å². The summed E-state index contributed by atoms with van der Waals surface area (Å²) >= 11 is 0. The van der Waals surface area contributed by atoms with Crippen molar-refractivity contribution >= 4 is 5.69 Å². The summed E-state index contributed by atoms with van der Waals surface area (Å²) in [5.41, 5.74) is 2.61. The largest absolute Gasteiger partial charge is 0.363 e. The standard InChI is InChI=1S/C15H26N4/c1-4-14-15(11-17(3)16-14)19-10-13-7-5-6-8-18(13)9-12(19)2/h11-13H,4-10H2,1-3H3. The van der Waals surface area contributed by atoms with Crippen LogP contribution in [-0.4, -0.2) is 46.4 Å². The maximum Gasteiger partial charge on any atom is 0.0855 e. The molecule has 4 heteroatoms. The van der Waals surface area contributed by atoms with E-state index in [1.165, 1.54) is 50.3 Å². The second kappa shape index (κ2) is 5.16. The van der Waals surface area contributed by atoms with Crippen molar-refractivity contribution in [1.29, 1.82) is 0 Å². The SMILES string of the molecule is CCc1nn(C)cc1N1CC2CCCCN2CC1C. The van der Waals surface area contributed by atoms with Crippen molar-refractivity contribution in [2.75, 3.05) is 24.5 Å². The average Bonchev–Trinajstić information content (AvgIpc) is 2.79. The van der Waals surface area contributed by atoms with Gasteiger partial charge in [-0.25, -0.2) is 0 Å². The highest BCUT2D eigenvalue weighted by Crippen LogP contribution is 2.29. The molecule has 0 radical (unpaired) electrons. The third kappa shape index (κ3) is 2.38. The Morgan fingerprint density at radius 1 is 1.32 bits per heavy atom. The lowest BCUT2D eigenvalue weighted by Crippen LogP contribution is -2.59. The van der Waals surface area contributed by atoms with Crippen LogP contribution in [0.3, 0.4) is 0 Å². The first kappa shape index (κ1) is 13.0.